The third kappa shape index (κ3) is 7.08. The van der Waals surface area contributed by atoms with Gasteiger partial charge in [0.25, 0.3) is 5.69 Å². The standard InChI is InChI=1S/C7H6BrNO2.2C2H6/c8-5-6-2-1-3-7(4-6)9(10)11;2*1-2/h1-4H,5H2;2*1-2H3. The molecule has 0 bridgehead atoms. The van der Waals surface area contributed by atoms with Crippen LogP contribution in [0.15, 0.2) is 24.3 Å². The lowest BCUT2D eigenvalue weighted by Gasteiger charge is -1.93. The van der Waals surface area contributed by atoms with Crippen molar-refractivity contribution in [3.05, 3.63) is 39.9 Å². The van der Waals surface area contributed by atoms with Gasteiger partial charge in [-0.15, -0.1) is 0 Å². The number of alkyl halides is 1. The second kappa shape index (κ2) is 11.2. The topological polar surface area (TPSA) is 43.1 Å². The first-order chi connectivity index (χ1) is 7.24. The van der Waals surface area contributed by atoms with E-state index in [1.807, 2.05) is 33.8 Å². The molecular weight excluding hydrogens is 258 g/mol. The summed E-state index contributed by atoms with van der Waals surface area (Å²) >= 11 is 3.22. The Balaban J connectivity index is 0. The quantitative estimate of drug-likeness (QED) is 0.452. The molecule has 4 heteroatoms. The van der Waals surface area contributed by atoms with Gasteiger partial charge in [-0.3, -0.25) is 10.1 Å². The van der Waals surface area contributed by atoms with Gasteiger partial charge in [-0.25, -0.2) is 0 Å². The molecule has 86 valence electrons. The van der Waals surface area contributed by atoms with Gasteiger partial charge in [0, 0.05) is 17.5 Å². The van der Waals surface area contributed by atoms with E-state index in [0.717, 1.165) is 5.56 Å². The van der Waals surface area contributed by atoms with E-state index in [1.165, 1.54) is 6.07 Å². The van der Waals surface area contributed by atoms with Gasteiger partial charge in [0.1, 0.15) is 0 Å². The van der Waals surface area contributed by atoms with Crippen molar-refractivity contribution >= 4 is 21.6 Å². The van der Waals surface area contributed by atoms with Crippen molar-refractivity contribution < 1.29 is 4.92 Å². The number of rotatable bonds is 2. The fourth-order valence-electron chi connectivity index (χ4n) is 0.753. The van der Waals surface area contributed by atoms with Crippen LogP contribution >= 0.6 is 15.9 Å². The second-order valence-electron chi connectivity index (χ2n) is 2.06. The minimum absolute atomic E-state index is 0.141. The van der Waals surface area contributed by atoms with Gasteiger partial charge in [0.05, 0.1) is 4.92 Å². The Hall–Kier alpha value is -0.900. The molecule has 1 aromatic carbocycles. The van der Waals surface area contributed by atoms with Crippen LogP contribution in [0.2, 0.25) is 0 Å². The number of nitro groups is 1. The van der Waals surface area contributed by atoms with Crippen LogP contribution in [0.5, 0.6) is 0 Å². The monoisotopic (exact) mass is 275 g/mol. The minimum atomic E-state index is -0.397. The third-order valence-corrected chi connectivity index (χ3v) is 1.92. The molecule has 0 saturated heterocycles. The lowest BCUT2D eigenvalue weighted by Crippen LogP contribution is -1.88. The number of nitro benzene ring substituents is 1. The summed E-state index contributed by atoms with van der Waals surface area (Å²) < 4.78 is 0. The highest BCUT2D eigenvalue weighted by Crippen LogP contribution is 2.14. The van der Waals surface area contributed by atoms with Gasteiger partial charge >= 0.3 is 0 Å². The molecule has 15 heavy (non-hydrogen) atoms. The zero-order valence-corrected chi connectivity index (χ0v) is 11.2. The first-order valence-electron chi connectivity index (χ1n) is 5.03. The number of non-ortho nitro benzene ring substituents is 1. The summed E-state index contributed by atoms with van der Waals surface area (Å²) in [4.78, 5) is 9.86. The summed E-state index contributed by atoms with van der Waals surface area (Å²) in [5, 5.41) is 10.9. The maximum atomic E-state index is 10.3. The van der Waals surface area contributed by atoms with E-state index in [9.17, 15) is 10.1 Å². The van der Waals surface area contributed by atoms with Crippen molar-refractivity contribution in [1.29, 1.82) is 0 Å². The molecule has 0 N–H and O–H groups in total. The molecule has 1 rings (SSSR count). The van der Waals surface area contributed by atoms with Gasteiger partial charge < -0.3 is 0 Å². The van der Waals surface area contributed by atoms with Gasteiger partial charge in [0.15, 0.2) is 0 Å². The minimum Gasteiger partial charge on any atom is -0.258 e. The molecule has 0 fully saturated rings. The van der Waals surface area contributed by atoms with Crippen LogP contribution in [0, 0.1) is 10.1 Å². The molecule has 0 saturated carbocycles. The molecule has 0 unspecified atom stereocenters. The van der Waals surface area contributed by atoms with Crippen LogP contribution in [-0.4, -0.2) is 4.92 Å². The van der Waals surface area contributed by atoms with Crippen molar-refractivity contribution in [3.63, 3.8) is 0 Å². The Morgan fingerprint density at radius 3 is 2.20 bits per heavy atom. The van der Waals surface area contributed by atoms with E-state index in [-0.39, 0.29) is 5.69 Å². The molecule has 0 heterocycles. The molecule has 0 aliphatic heterocycles. The Bertz CT molecular complexity index is 277. The Kier molecular flexibility index (Phi) is 12.3. The normalized spacial score (nSPS) is 7.80. The van der Waals surface area contributed by atoms with Crippen LogP contribution in [0.4, 0.5) is 5.69 Å². The largest absolute Gasteiger partial charge is 0.269 e. The number of halogens is 1. The highest BCUT2D eigenvalue weighted by atomic mass is 79.9. The van der Waals surface area contributed by atoms with E-state index in [0.29, 0.717) is 5.33 Å². The predicted octanol–water partition coefficient (Wildman–Crippen LogP) is 4.54. The van der Waals surface area contributed by atoms with Crippen LogP contribution in [0.1, 0.15) is 33.3 Å². The van der Waals surface area contributed by atoms with Crippen molar-refractivity contribution in [2.24, 2.45) is 0 Å². The van der Waals surface area contributed by atoms with E-state index >= 15 is 0 Å². The van der Waals surface area contributed by atoms with E-state index in [4.69, 9.17) is 0 Å². The lowest BCUT2D eigenvalue weighted by atomic mass is 10.2. The van der Waals surface area contributed by atoms with Crippen LogP contribution in [0.25, 0.3) is 0 Å². The summed E-state index contributed by atoms with van der Waals surface area (Å²) in [5.74, 6) is 0. The average Bonchev–Trinajstić information content (AvgIpc) is 2.34. The number of nitrogens with zero attached hydrogens (tertiary/aromatic N) is 1. The van der Waals surface area contributed by atoms with Crippen LogP contribution in [0.3, 0.4) is 0 Å². The Morgan fingerprint density at radius 1 is 1.27 bits per heavy atom. The lowest BCUT2D eigenvalue weighted by molar-refractivity contribution is -0.384. The fraction of sp³-hybridized carbons (Fsp3) is 0.455. The van der Waals surface area contributed by atoms with E-state index < -0.39 is 4.92 Å². The average molecular weight is 276 g/mol. The number of hydrogen-bond acceptors (Lipinski definition) is 2. The molecular formula is C11H18BrNO2. The summed E-state index contributed by atoms with van der Waals surface area (Å²) in [6, 6.07) is 6.54. The number of hydrogen-bond donors (Lipinski definition) is 0. The summed E-state index contributed by atoms with van der Waals surface area (Å²) in [6.07, 6.45) is 0. The smallest absolute Gasteiger partial charge is 0.258 e. The highest BCUT2D eigenvalue weighted by molar-refractivity contribution is 9.08. The first kappa shape index (κ1) is 16.5. The Labute approximate surface area is 99.8 Å². The van der Waals surface area contributed by atoms with Gasteiger partial charge in [-0.05, 0) is 5.56 Å². The van der Waals surface area contributed by atoms with Gasteiger partial charge in [-0.1, -0.05) is 55.8 Å². The second-order valence-corrected chi connectivity index (χ2v) is 2.62. The molecule has 1 aromatic rings. The molecule has 3 nitrogen and oxygen atoms in total. The predicted molar refractivity (Wildman–Crippen MR) is 68.4 cm³/mol. The Morgan fingerprint density at radius 2 is 1.80 bits per heavy atom. The SMILES string of the molecule is CC.CC.O=[N+]([O-])c1cccc(CBr)c1. The van der Waals surface area contributed by atoms with E-state index in [2.05, 4.69) is 15.9 Å². The maximum absolute atomic E-state index is 10.3. The molecule has 0 aliphatic carbocycles. The van der Waals surface area contributed by atoms with Crippen molar-refractivity contribution in [1.82, 2.24) is 0 Å². The van der Waals surface area contributed by atoms with Gasteiger partial charge in [0.2, 0.25) is 0 Å². The molecule has 0 aromatic heterocycles. The summed E-state index contributed by atoms with van der Waals surface area (Å²) in [7, 11) is 0. The fourth-order valence-corrected chi connectivity index (χ4v) is 1.10. The highest BCUT2D eigenvalue weighted by Gasteiger charge is 2.03. The van der Waals surface area contributed by atoms with Crippen molar-refractivity contribution in [3.8, 4) is 0 Å². The molecule has 0 radical (unpaired) electrons. The molecule has 0 amide bonds. The van der Waals surface area contributed by atoms with Crippen LogP contribution in [-0.2, 0) is 5.33 Å². The zero-order valence-electron chi connectivity index (χ0n) is 9.66. The summed E-state index contributed by atoms with van der Waals surface area (Å²) in [5.41, 5.74) is 1.06. The van der Waals surface area contributed by atoms with E-state index in [1.54, 1.807) is 12.1 Å². The van der Waals surface area contributed by atoms with Crippen molar-refractivity contribution in [2.75, 3.05) is 0 Å². The molecule has 0 spiro atoms. The summed E-state index contributed by atoms with van der Waals surface area (Å²) in [6.45, 7) is 8.00. The first-order valence-corrected chi connectivity index (χ1v) is 6.15. The molecule has 0 aliphatic rings. The van der Waals surface area contributed by atoms with Crippen molar-refractivity contribution in [2.45, 2.75) is 33.0 Å². The van der Waals surface area contributed by atoms with Crippen LogP contribution < -0.4 is 0 Å². The zero-order chi connectivity index (χ0) is 12.3. The number of benzene rings is 1. The third-order valence-electron chi connectivity index (χ3n) is 1.28. The molecule has 0 atom stereocenters. The maximum Gasteiger partial charge on any atom is 0.269 e. The van der Waals surface area contributed by atoms with Gasteiger partial charge in [-0.2, -0.15) is 0 Å².